The molecule has 1 aromatic carbocycles. The molecule has 0 aromatic heterocycles. The molecule has 0 fully saturated rings. The Hall–Kier alpha value is -3.35. The first-order valence-electron chi connectivity index (χ1n) is 8.78. The van der Waals surface area contributed by atoms with E-state index in [2.05, 4.69) is 5.32 Å². The van der Waals surface area contributed by atoms with Crippen LogP contribution in [0.25, 0.3) is 6.08 Å². The molecule has 0 bridgehead atoms. The fourth-order valence-electron chi connectivity index (χ4n) is 3.31. The van der Waals surface area contributed by atoms with Gasteiger partial charge in [-0.15, -0.1) is 0 Å². The highest BCUT2D eigenvalue weighted by Crippen LogP contribution is 2.40. The van der Waals surface area contributed by atoms with Crippen LogP contribution in [0.2, 0.25) is 0 Å². The Morgan fingerprint density at radius 3 is 2.11 bits per heavy atom. The molecule has 28 heavy (non-hydrogen) atoms. The van der Waals surface area contributed by atoms with Gasteiger partial charge in [0.15, 0.2) is 0 Å². The number of benzene rings is 1. The molecule has 7 nitrogen and oxygen atoms in total. The number of nitrogens with one attached hydrogen (secondary N) is 1. The fraction of sp³-hybridized carbons (Fsp3) is 0.286. The molecule has 0 saturated carbocycles. The number of ether oxygens (including phenoxy) is 1. The zero-order chi connectivity index (χ0) is 21.0. The maximum Gasteiger partial charge on any atom is 0.334 e. The van der Waals surface area contributed by atoms with Crippen molar-refractivity contribution < 1.29 is 29.3 Å². The Balaban J connectivity index is 2.71. The van der Waals surface area contributed by atoms with E-state index in [1.807, 2.05) is 0 Å². The number of hydrogen-bond acceptors (Lipinski definition) is 5. The Morgan fingerprint density at radius 1 is 1.07 bits per heavy atom. The summed E-state index contributed by atoms with van der Waals surface area (Å²) in [6.45, 7) is 6.72. The highest BCUT2D eigenvalue weighted by Gasteiger charge is 2.37. The molecule has 0 atom stereocenters. The molecular formula is C21H23NO6. The largest absolute Gasteiger partial charge is 0.478 e. The number of carbonyl (C=O) groups excluding carboxylic acids is 1. The SMILES string of the molecule is CCOC(=O)C(C)=Cc1ccccc1C1C(C(=O)O)=C(C)NC(C)=C1C(=O)O. The molecule has 1 aliphatic rings. The van der Waals surface area contributed by atoms with Crippen molar-refractivity contribution in [2.24, 2.45) is 0 Å². The van der Waals surface area contributed by atoms with Crippen molar-refractivity contribution in [1.82, 2.24) is 5.32 Å². The van der Waals surface area contributed by atoms with E-state index in [0.717, 1.165) is 0 Å². The zero-order valence-electron chi connectivity index (χ0n) is 16.2. The van der Waals surface area contributed by atoms with Crippen LogP contribution < -0.4 is 5.32 Å². The molecule has 1 heterocycles. The molecule has 1 aromatic rings. The molecule has 1 aliphatic heterocycles. The number of aliphatic carboxylic acids is 2. The molecule has 0 amide bonds. The monoisotopic (exact) mass is 385 g/mol. The molecule has 0 unspecified atom stereocenters. The summed E-state index contributed by atoms with van der Waals surface area (Å²) >= 11 is 0. The lowest BCUT2D eigenvalue weighted by molar-refractivity contribution is -0.138. The molecule has 0 radical (unpaired) electrons. The lowest BCUT2D eigenvalue weighted by atomic mass is 9.78. The molecule has 148 valence electrons. The van der Waals surface area contributed by atoms with E-state index in [-0.39, 0.29) is 17.8 Å². The van der Waals surface area contributed by atoms with Crippen LogP contribution >= 0.6 is 0 Å². The van der Waals surface area contributed by atoms with Crippen molar-refractivity contribution in [3.8, 4) is 0 Å². The van der Waals surface area contributed by atoms with Crippen LogP contribution in [-0.2, 0) is 19.1 Å². The number of carbonyl (C=O) groups is 3. The summed E-state index contributed by atoms with van der Waals surface area (Å²) < 4.78 is 4.99. The minimum Gasteiger partial charge on any atom is -0.478 e. The van der Waals surface area contributed by atoms with Gasteiger partial charge in [0, 0.05) is 17.0 Å². The highest BCUT2D eigenvalue weighted by atomic mass is 16.5. The standard InChI is InChI=1S/C21H23NO6/c1-5-28-21(27)11(2)10-14-8-6-7-9-15(14)18-16(19(23)24)12(3)22-13(4)17(18)20(25)26/h6-10,18,22H,5H2,1-4H3,(H,23,24)(H,25,26). The third-order valence-corrected chi connectivity index (χ3v) is 4.50. The van der Waals surface area contributed by atoms with Gasteiger partial charge < -0.3 is 20.3 Å². The Kier molecular flexibility index (Phi) is 6.41. The van der Waals surface area contributed by atoms with Gasteiger partial charge in [0.05, 0.1) is 23.7 Å². The molecule has 0 saturated heterocycles. The summed E-state index contributed by atoms with van der Waals surface area (Å²) in [4.78, 5) is 35.9. The summed E-state index contributed by atoms with van der Waals surface area (Å²) in [5.74, 6) is -3.89. The average molecular weight is 385 g/mol. The number of allylic oxidation sites excluding steroid dienone is 2. The zero-order valence-corrected chi connectivity index (χ0v) is 16.2. The minimum atomic E-state index is -1.21. The van der Waals surface area contributed by atoms with Crippen LogP contribution in [0.3, 0.4) is 0 Å². The van der Waals surface area contributed by atoms with Gasteiger partial charge in [-0.25, -0.2) is 14.4 Å². The van der Waals surface area contributed by atoms with Gasteiger partial charge in [-0.3, -0.25) is 0 Å². The summed E-state index contributed by atoms with van der Waals surface area (Å²) in [6, 6.07) is 6.83. The average Bonchev–Trinajstić information content (AvgIpc) is 2.60. The van der Waals surface area contributed by atoms with Crippen molar-refractivity contribution in [1.29, 1.82) is 0 Å². The number of esters is 1. The van der Waals surface area contributed by atoms with Gasteiger partial charge in [-0.05, 0) is 44.9 Å². The van der Waals surface area contributed by atoms with Crippen molar-refractivity contribution in [3.05, 3.63) is 63.5 Å². The van der Waals surface area contributed by atoms with Crippen LogP contribution in [0.15, 0.2) is 52.4 Å². The second-order valence-electron chi connectivity index (χ2n) is 6.42. The molecular weight excluding hydrogens is 362 g/mol. The van der Waals surface area contributed by atoms with Gasteiger partial charge in [0.1, 0.15) is 0 Å². The maximum atomic E-state index is 12.0. The third kappa shape index (κ3) is 4.14. The van der Waals surface area contributed by atoms with Gasteiger partial charge in [-0.1, -0.05) is 24.3 Å². The van der Waals surface area contributed by atoms with Gasteiger partial charge in [0.2, 0.25) is 0 Å². The third-order valence-electron chi connectivity index (χ3n) is 4.50. The van der Waals surface area contributed by atoms with Crippen LogP contribution in [0.1, 0.15) is 44.7 Å². The molecule has 0 aliphatic carbocycles. The summed E-state index contributed by atoms with van der Waals surface area (Å²) in [7, 11) is 0. The first-order chi connectivity index (χ1) is 13.2. The smallest absolute Gasteiger partial charge is 0.334 e. The lowest BCUT2D eigenvalue weighted by Gasteiger charge is -2.29. The van der Waals surface area contributed by atoms with Crippen LogP contribution in [0, 0.1) is 0 Å². The van der Waals surface area contributed by atoms with Crippen LogP contribution in [-0.4, -0.2) is 34.7 Å². The highest BCUT2D eigenvalue weighted by molar-refractivity contribution is 5.99. The number of hydrogen-bond donors (Lipinski definition) is 3. The predicted molar refractivity (Wildman–Crippen MR) is 103 cm³/mol. The van der Waals surface area contributed by atoms with Crippen molar-refractivity contribution >= 4 is 24.0 Å². The first-order valence-corrected chi connectivity index (χ1v) is 8.78. The van der Waals surface area contributed by atoms with Gasteiger partial charge in [0.25, 0.3) is 0 Å². The van der Waals surface area contributed by atoms with Crippen LogP contribution in [0.4, 0.5) is 0 Å². The van der Waals surface area contributed by atoms with E-state index in [9.17, 15) is 24.6 Å². The lowest BCUT2D eigenvalue weighted by Crippen LogP contribution is -2.31. The second-order valence-corrected chi connectivity index (χ2v) is 6.42. The number of rotatable bonds is 6. The normalized spacial score (nSPS) is 15.4. The summed E-state index contributed by atoms with van der Waals surface area (Å²) in [5, 5.41) is 22.4. The number of carboxylic acid groups (broad SMARTS) is 2. The number of dihydropyridines is 1. The van der Waals surface area contributed by atoms with E-state index >= 15 is 0 Å². The van der Waals surface area contributed by atoms with Gasteiger partial charge >= 0.3 is 17.9 Å². The van der Waals surface area contributed by atoms with E-state index in [1.165, 1.54) is 0 Å². The van der Waals surface area contributed by atoms with Gasteiger partial charge in [-0.2, -0.15) is 0 Å². The van der Waals surface area contributed by atoms with Crippen molar-refractivity contribution in [2.75, 3.05) is 6.61 Å². The predicted octanol–water partition coefficient (Wildman–Crippen LogP) is 3.06. The van der Waals surface area contributed by atoms with E-state index in [4.69, 9.17) is 4.74 Å². The Morgan fingerprint density at radius 2 is 1.61 bits per heavy atom. The Labute approximate surface area is 163 Å². The quantitative estimate of drug-likeness (QED) is 0.509. The van der Waals surface area contributed by atoms with E-state index in [1.54, 1.807) is 58.0 Å². The van der Waals surface area contributed by atoms with Crippen molar-refractivity contribution in [3.63, 3.8) is 0 Å². The molecule has 7 heteroatoms. The summed E-state index contributed by atoms with van der Waals surface area (Å²) in [5.41, 5.74) is 2.04. The molecule has 3 N–H and O–H groups in total. The van der Waals surface area contributed by atoms with Crippen molar-refractivity contribution in [2.45, 2.75) is 33.6 Å². The van der Waals surface area contributed by atoms with E-state index in [0.29, 0.717) is 28.1 Å². The fourth-order valence-corrected chi connectivity index (χ4v) is 3.31. The molecule has 0 spiro atoms. The van der Waals surface area contributed by atoms with E-state index < -0.39 is 23.8 Å². The summed E-state index contributed by atoms with van der Waals surface area (Å²) in [6.07, 6.45) is 1.58. The second kappa shape index (κ2) is 8.56. The molecule has 2 rings (SSSR count). The first kappa shape index (κ1) is 21.0. The number of carboxylic acids is 2. The van der Waals surface area contributed by atoms with Crippen LogP contribution in [0.5, 0.6) is 0 Å². The maximum absolute atomic E-state index is 12.0. The Bertz CT molecular complexity index is 887. The minimum absolute atomic E-state index is 0.0439. The topological polar surface area (TPSA) is 113 Å².